The third kappa shape index (κ3) is 4.72. The van der Waals surface area contributed by atoms with Gasteiger partial charge in [0, 0.05) is 37.1 Å². The highest BCUT2D eigenvalue weighted by molar-refractivity contribution is 7.09. The van der Waals surface area contributed by atoms with Gasteiger partial charge >= 0.3 is 0 Å². The summed E-state index contributed by atoms with van der Waals surface area (Å²) < 4.78 is 0. The van der Waals surface area contributed by atoms with E-state index in [1.165, 1.54) is 23.7 Å². The summed E-state index contributed by atoms with van der Waals surface area (Å²) >= 11 is 1.79. The van der Waals surface area contributed by atoms with Crippen LogP contribution in [0, 0.1) is 6.92 Å². The molecule has 1 atom stereocenters. The monoisotopic (exact) mass is 297 g/mol. The number of thiazole rings is 1. The summed E-state index contributed by atoms with van der Waals surface area (Å²) in [5.41, 5.74) is 3.16. The van der Waals surface area contributed by atoms with Crippen LogP contribution in [0.2, 0.25) is 0 Å². The van der Waals surface area contributed by atoms with E-state index < -0.39 is 0 Å². The number of halogens is 2. The number of piperazine rings is 1. The summed E-state index contributed by atoms with van der Waals surface area (Å²) in [6.45, 7) is 9.01. The van der Waals surface area contributed by atoms with Crippen LogP contribution in [0.4, 0.5) is 0 Å². The van der Waals surface area contributed by atoms with Crippen LogP contribution in [0.1, 0.15) is 17.5 Å². The smallest absolute Gasteiger partial charge is 0.0797 e. The van der Waals surface area contributed by atoms with Crippen molar-refractivity contribution in [2.45, 2.75) is 26.3 Å². The van der Waals surface area contributed by atoms with Crippen LogP contribution in [-0.2, 0) is 6.42 Å². The molecule has 1 saturated heterocycles. The molecule has 1 aliphatic heterocycles. The van der Waals surface area contributed by atoms with E-state index in [0.717, 1.165) is 19.5 Å². The van der Waals surface area contributed by atoms with Gasteiger partial charge in [-0.05, 0) is 20.3 Å². The van der Waals surface area contributed by atoms with E-state index in [0.29, 0.717) is 6.04 Å². The molecule has 1 N–H and O–H groups in total. The Bertz CT molecular complexity index is 319. The van der Waals surface area contributed by atoms with Gasteiger partial charge in [0.1, 0.15) is 0 Å². The maximum Gasteiger partial charge on any atom is 0.0797 e. The first-order valence-electron chi connectivity index (χ1n) is 5.61. The molecule has 0 saturated carbocycles. The SMILES string of the molecule is Cc1ncsc1CCN1CCNC[C@H]1C.Cl.Cl. The number of hydrogen-bond acceptors (Lipinski definition) is 4. The molecular weight excluding hydrogens is 277 g/mol. The van der Waals surface area contributed by atoms with Gasteiger partial charge in [0.15, 0.2) is 0 Å². The Morgan fingerprint density at radius 2 is 2.29 bits per heavy atom. The van der Waals surface area contributed by atoms with Gasteiger partial charge in [0.2, 0.25) is 0 Å². The second-order valence-corrected chi connectivity index (χ2v) is 5.14. The molecule has 0 radical (unpaired) electrons. The van der Waals surface area contributed by atoms with E-state index in [9.17, 15) is 0 Å². The lowest BCUT2D eigenvalue weighted by Gasteiger charge is -2.33. The Kier molecular flexibility index (Phi) is 8.33. The third-order valence-corrected chi connectivity index (χ3v) is 4.10. The summed E-state index contributed by atoms with van der Waals surface area (Å²) in [6, 6.07) is 0.673. The van der Waals surface area contributed by atoms with Gasteiger partial charge in [-0.25, -0.2) is 4.98 Å². The summed E-state index contributed by atoms with van der Waals surface area (Å²) in [4.78, 5) is 8.30. The Labute approximate surface area is 120 Å². The first-order valence-corrected chi connectivity index (χ1v) is 6.49. The van der Waals surface area contributed by atoms with Crippen molar-refractivity contribution in [3.05, 3.63) is 16.1 Å². The fraction of sp³-hybridized carbons (Fsp3) is 0.727. The topological polar surface area (TPSA) is 28.2 Å². The van der Waals surface area contributed by atoms with E-state index in [-0.39, 0.29) is 24.8 Å². The molecule has 1 aromatic rings. The van der Waals surface area contributed by atoms with E-state index >= 15 is 0 Å². The second kappa shape index (κ2) is 8.27. The predicted molar refractivity (Wildman–Crippen MR) is 79.0 cm³/mol. The molecule has 0 aliphatic carbocycles. The highest BCUT2D eigenvalue weighted by atomic mass is 35.5. The maximum atomic E-state index is 4.29. The fourth-order valence-electron chi connectivity index (χ4n) is 2.03. The fourth-order valence-corrected chi connectivity index (χ4v) is 2.80. The average molecular weight is 298 g/mol. The lowest BCUT2D eigenvalue weighted by atomic mass is 10.2. The van der Waals surface area contributed by atoms with Crippen LogP contribution in [0.15, 0.2) is 5.51 Å². The van der Waals surface area contributed by atoms with Gasteiger partial charge in [0.05, 0.1) is 11.2 Å². The molecule has 1 aliphatic rings. The summed E-state index contributed by atoms with van der Waals surface area (Å²) in [5.74, 6) is 0. The molecule has 3 nitrogen and oxygen atoms in total. The summed E-state index contributed by atoms with van der Waals surface area (Å²) in [6.07, 6.45) is 1.15. The Morgan fingerprint density at radius 1 is 1.53 bits per heavy atom. The standard InChI is InChI=1S/C11H19N3S.2ClH/c1-9-7-12-4-6-14(9)5-3-11-10(2)13-8-15-11;;/h8-9,12H,3-7H2,1-2H3;2*1H/t9-;;/m1../s1. The zero-order valence-corrected chi connectivity index (χ0v) is 12.8. The van der Waals surface area contributed by atoms with Crippen molar-refractivity contribution in [1.29, 1.82) is 0 Å². The van der Waals surface area contributed by atoms with Crippen LogP contribution >= 0.6 is 36.2 Å². The van der Waals surface area contributed by atoms with Crippen molar-refractivity contribution >= 4 is 36.2 Å². The molecule has 2 rings (SSSR count). The number of hydrogen-bond donors (Lipinski definition) is 1. The highest BCUT2D eigenvalue weighted by Gasteiger charge is 2.17. The second-order valence-electron chi connectivity index (χ2n) is 4.20. The number of aromatic nitrogens is 1. The molecular formula is C11H21Cl2N3S. The van der Waals surface area contributed by atoms with Gasteiger partial charge in [0.25, 0.3) is 0 Å². The number of aryl methyl sites for hydroxylation is 1. The van der Waals surface area contributed by atoms with Gasteiger partial charge in [-0.1, -0.05) is 0 Å². The normalized spacial score (nSPS) is 20.5. The van der Waals surface area contributed by atoms with Crippen LogP contribution in [0.5, 0.6) is 0 Å². The molecule has 1 fully saturated rings. The Morgan fingerprint density at radius 3 is 2.88 bits per heavy atom. The highest BCUT2D eigenvalue weighted by Crippen LogP contribution is 2.14. The van der Waals surface area contributed by atoms with Crippen LogP contribution < -0.4 is 5.32 Å². The van der Waals surface area contributed by atoms with Crippen molar-refractivity contribution in [2.75, 3.05) is 26.2 Å². The van der Waals surface area contributed by atoms with Crippen molar-refractivity contribution in [3.63, 3.8) is 0 Å². The Balaban J connectivity index is 0.00000128. The molecule has 100 valence electrons. The van der Waals surface area contributed by atoms with Gasteiger partial charge < -0.3 is 5.32 Å². The summed E-state index contributed by atoms with van der Waals surface area (Å²) in [5, 5.41) is 3.42. The van der Waals surface area contributed by atoms with E-state index in [1.807, 2.05) is 5.51 Å². The quantitative estimate of drug-likeness (QED) is 0.926. The first-order chi connectivity index (χ1) is 7.27. The molecule has 0 bridgehead atoms. The van der Waals surface area contributed by atoms with Gasteiger partial charge in [-0.3, -0.25) is 4.90 Å². The van der Waals surface area contributed by atoms with Crippen LogP contribution in [0.25, 0.3) is 0 Å². The number of nitrogens with zero attached hydrogens (tertiary/aromatic N) is 2. The minimum absolute atomic E-state index is 0. The zero-order valence-electron chi connectivity index (χ0n) is 10.3. The molecule has 1 aromatic heterocycles. The maximum absolute atomic E-state index is 4.29. The average Bonchev–Trinajstić information content (AvgIpc) is 2.63. The number of nitrogens with one attached hydrogen (secondary N) is 1. The largest absolute Gasteiger partial charge is 0.314 e. The predicted octanol–water partition coefficient (Wildman–Crippen LogP) is 2.13. The van der Waals surface area contributed by atoms with Crippen LogP contribution in [0.3, 0.4) is 0 Å². The first kappa shape index (κ1) is 17.1. The van der Waals surface area contributed by atoms with Crippen molar-refractivity contribution in [2.24, 2.45) is 0 Å². The summed E-state index contributed by atoms with van der Waals surface area (Å²) in [7, 11) is 0. The van der Waals surface area contributed by atoms with E-state index in [1.54, 1.807) is 11.3 Å². The lowest BCUT2D eigenvalue weighted by Crippen LogP contribution is -2.50. The van der Waals surface area contributed by atoms with Crippen molar-refractivity contribution in [1.82, 2.24) is 15.2 Å². The lowest BCUT2D eigenvalue weighted by molar-refractivity contribution is 0.176. The molecule has 17 heavy (non-hydrogen) atoms. The molecule has 0 spiro atoms. The van der Waals surface area contributed by atoms with E-state index in [4.69, 9.17) is 0 Å². The molecule has 2 heterocycles. The third-order valence-electron chi connectivity index (χ3n) is 3.11. The van der Waals surface area contributed by atoms with E-state index in [2.05, 4.69) is 29.0 Å². The van der Waals surface area contributed by atoms with Crippen molar-refractivity contribution in [3.8, 4) is 0 Å². The Hall–Kier alpha value is 0.130. The minimum Gasteiger partial charge on any atom is -0.314 e. The zero-order chi connectivity index (χ0) is 10.7. The molecule has 6 heteroatoms. The van der Waals surface area contributed by atoms with Gasteiger partial charge in [-0.2, -0.15) is 0 Å². The van der Waals surface area contributed by atoms with Gasteiger partial charge in [-0.15, -0.1) is 36.2 Å². The molecule has 0 unspecified atom stereocenters. The van der Waals surface area contributed by atoms with Crippen molar-refractivity contribution < 1.29 is 0 Å². The molecule has 0 aromatic carbocycles. The molecule has 0 amide bonds. The number of rotatable bonds is 3. The van der Waals surface area contributed by atoms with Crippen LogP contribution in [-0.4, -0.2) is 42.1 Å². The minimum atomic E-state index is 0.